The van der Waals surface area contributed by atoms with E-state index < -0.39 is 75.2 Å². The van der Waals surface area contributed by atoms with E-state index in [4.69, 9.17) is 32.7 Å². The van der Waals surface area contributed by atoms with Gasteiger partial charge >= 0.3 is 18.0 Å². The number of sulfone groups is 1. The minimum atomic E-state index is -4.27. The standard InChI is InChI=1S/C26H23Cl2N3O11S.C4H11N/c1-12(32)41-10-15-11-43(39,40)24-20(23(35)31(24)21(15)25(36)37)29-22(34)19(13-3-6-17(33)7-4-13)30-26(38)42-9-14-2-5-16(27)8-18(14)28;1-3-5-4-2/h2-8,19-20,24,33H,9-11H2,1H3,(H,29,34)(H,30,38)(H,36,37);5H,3-4H2,1-2H3/t19?,20-,24-;/m0./s1. The van der Waals surface area contributed by atoms with E-state index in [1.54, 1.807) is 0 Å². The number of benzene rings is 2. The summed E-state index contributed by atoms with van der Waals surface area (Å²) in [6.45, 7) is 6.46. The van der Waals surface area contributed by atoms with Gasteiger partial charge in [0.05, 0.1) is 5.75 Å². The van der Waals surface area contributed by atoms with E-state index in [2.05, 4.69) is 29.8 Å². The van der Waals surface area contributed by atoms with Crippen molar-refractivity contribution in [1.29, 1.82) is 0 Å². The number of carboxylic acids is 1. The Hall–Kier alpha value is -4.38. The van der Waals surface area contributed by atoms with Crippen LogP contribution in [-0.4, -0.2) is 90.2 Å². The summed E-state index contributed by atoms with van der Waals surface area (Å²) in [4.78, 5) is 62.8. The van der Waals surface area contributed by atoms with Gasteiger partial charge in [-0.05, 0) is 42.9 Å². The molecule has 18 heteroatoms. The van der Waals surface area contributed by atoms with Crippen molar-refractivity contribution in [3.8, 4) is 5.75 Å². The Kier molecular flexibility index (Phi) is 13.2. The number of ether oxygens (including phenoxy) is 2. The van der Waals surface area contributed by atoms with Crippen molar-refractivity contribution in [2.75, 3.05) is 25.4 Å². The maximum Gasteiger partial charge on any atom is 0.408 e. The quantitative estimate of drug-likeness (QED) is 0.166. The maximum absolute atomic E-state index is 13.4. The zero-order chi connectivity index (χ0) is 35.8. The summed E-state index contributed by atoms with van der Waals surface area (Å²) in [6, 6.07) is 6.30. The van der Waals surface area contributed by atoms with E-state index in [9.17, 15) is 42.6 Å². The van der Waals surface area contributed by atoms with Crippen LogP contribution in [0.25, 0.3) is 0 Å². The molecule has 0 spiro atoms. The molecule has 4 rings (SSSR count). The molecule has 1 saturated heterocycles. The highest BCUT2D eigenvalue weighted by atomic mass is 35.5. The Morgan fingerprint density at radius 3 is 2.21 bits per heavy atom. The van der Waals surface area contributed by atoms with Crippen LogP contribution in [0.3, 0.4) is 0 Å². The summed E-state index contributed by atoms with van der Waals surface area (Å²) < 4.78 is 36.1. The molecule has 3 atom stereocenters. The number of hydrogen-bond donors (Lipinski definition) is 5. The minimum Gasteiger partial charge on any atom is -0.508 e. The fourth-order valence-electron chi connectivity index (χ4n) is 4.72. The van der Waals surface area contributed by atoms with Gasteiger partial charge in [0.15, 0.2) is 15.2 Å². The van der Waals surface area contributed by atoms with E-state index in [0.29, 0.717) is 15.5 Å². The third-order valence-electron chi connectivity index (χ3n) is 6.94. The van der Waals surface area contributed by atoms with Gasteiger partial charge in [-0.2, -0.15) is 0 Å². The predicted molar refractivity (Wildman–Crippen MR) is 172 cm³/mol. The SMILES string of the molecule is CC(=O)OCC1=C(C(=O)O)N2C(=O)[C@H](NC(=O)C(NC(=O)OCc3ccc(Cl)cc3Cl)c3ccc(O)cc3)[C@@H]2S(=O)(=O)C1.CCNCC. The van der Waals surface area contributed by atoms with Gasteiger partial charge in [-0.3, -0.25) is 19.3 Å². The first kappa shape index (κ1) is 38.1. The fraction of sp³-hybridized carbons (Fsp3) is 0.367. The molecule has 2 heterocycles. The molecule has 0 aliphatic carbocycles. The van der Waals surface area contributed by atoms with Crippen molar-refractivity contribution in [1.82, 2.24) is 20.9 Å². The fourth-order valence-corrected chi connectivity index (χ4v) is 7.19. The smallest absolute Gasteiger partial charge is 0.408 e. The number of esters is 1. The van der Waals surface area contributed by atoms with Gasteiger partial charge in [0.1, 0.15) is 36.7 Å². The lowest BCUT2D eigenvalue weighted by atomic mass is 10.0. The second-order valence-electron chi connectivity index (χ2n) is 10.4. The first-order valence-corrected chi connectivity index (χ1v) is 16.9. The number of fused-ring (bicyclic) bond motifs is 1. The molecule has 5 N–H and O–H groups in total. The van der Waals surface area contributed by atoms with Gasteiger partial charge in [-0.1, -0.05) is 55.2 Å². The van der Waals surface area contributed by atoms with Crippen LogP contribution < -0.4 is 16.0 Å². The van der Waals surface area contributed by atoms with Crippen LogP contribution in [-0.2, 0) is 45.1 Å². The maximum atomic E-state index is 13.4. The topological polar surface area (TPSA) is 218 Å². The van der Waals surface area contributed by atoms with Crippen LogP contribution >= 0.6 is 23.2 Å². The lowest BCUT2D eigenvalue weighted by molar-refractivity contribution is -0.151. The highest BCUT2D eigenvalue weighted by molar-refractivity contribution is 7.92. The molecule has 1 unspecified atom stereocenters. The number of carboxylic acid groups (broad SMARTS) is 1. The predicted octanol–water partition coefficient (Wildman–Crippen LogP) is 2.27. The first-order valence-electron chi connectivity index (χ1n) is 14.4. The highest BCUT2D eigenvalue weighted by Gasteiger charge is 2.60. The van der Waals surface area contributed by atoms with Gasteiger partial charge in [-0.25, -0.2) is 18.0 Å². The number of amides is 3. The van der Waals surface area contributed by atoms with Crippen LogP contribution in [0, 0.1) is 0 Å². The van der Waals surface area contributed by atoms with E-state index in [-0.39, 0.29) is 28.5 Å². The molecule has 0 saturated carbocycles. The molecule has 0 radical (unpaired) electrons. The molecular weight excluding hydrogens is 695 g/mol. The number of halogens is 2. The molecular formula is C30H34Cl2N4O11S. The average Bonchev–Trinajstić information content (AvgIpc) is 3.01. The number of carbonyl (C=O) groups excluding carboxylic acids is 4. The number of hydrogen-bond acceptors (Lipinski definition) is 11. The number of aromatic hydroxyl groups is 1. The second-order valence-corrected chi connectivity index (χ2v) is 13.3. The summed E-state index contributed by atoms with van der Waals surface area (Å²) in [7, 11) is -4.27. The van der Waals surface area contributed by atoms with Gasteiger partial charge in [0.25, 0.3) is 5.91 Å². The third-order valence-corrected chi connectivity index (χ3v) is 9.49. The largest absolute Gasteiger partial charge is 0.508 e. The number of rotatable bonds is 11. The van der Waals surface area contributed by atoms with Crippen LogP contribution in [0.4, 0.5) is 4.79 Å². The summed E-state index contributed by atoms with van der Waals surface area (Å²) >= 11 is 12.0. The normalized spacial score (nSPS) is 18.3. The number of carbonyl (C=O) groups is 5. The molecule has 48 heavy (non-hydrogen) atoms. The Morgan fingerprint density at radius 1 is 1.02 bits per heavy atom. The minimum absolute atomic E-state index is 0.127. The Balaban J connectivity index is 0.00000116. The van der Waals surface area contributed by atoms with Crippen molar-refractivity contribution in [3.63, 3.8) is 0 Å². The number of nitrogens with zero attached hydrogens (tertiary/aromatic N) is 1. The highest BCUT2D eigenvalue weighted by Crippen LogP contribution is 2.37. The Morgan fingerprint density at radius 2 is 1.67 bits per heavy atom. The molecule has 2 aromatic rings. The zero-order valence-corrected chi connectivity index (χ0v) is 28.3. The number of nitrogens with one attached hydrogen (secondary N) is 3. The van der Waals surface area contributed by atoms with E-state index >= 15 is 0 Å². The lowest BCUT2D eigenvalue weighted by Crippen LogP contribution is -2.75. The van der Waals surface area contributed by atoms with E-state index in [1.165, 1.54) is 42.5 Å². The molecule has 15 nitrogen and oxygen atoms in total. The van der Waals surface area contributed by atoms with Gasteiger partial charge in [0.2, 0.25) is 5.91 Å². The molecule has 0 aromatic heterocycles. The third kappa shape index (κ3) is 9.37. The van der Waals surface area contributed by atoms with Gasteiger partial charge < -0.3 is 35.6 Å². The second kappa shape index (κ2) is 16.6. The summed E-state index contributed by atoms with van der Waals surface area (Å²) in [5.41, 5.74) is -0.454. The number of alkyl carbamates (subject to hydrolysis) is 1. The van der Waals surface area contributed by atoms with Crippen LogP contribution in [0.2, 0.25) is 10.0 Å². The summed E-state index contributed by atoms with van der Waals surface area (Å²) in [5.74, 6) is -5.51. The molecule has 260 valence electrons. The van der Waals surface area contributed by atoms with Crippen LogP contribution in [0.15, 0.2) is 53.7 Å². The summed E-state index contributed by atoms with van der Waals surface area (Å²) in [5, 5.41) is 25.9. The molecule has 0 bridgehead atoms. The van der Waals surface area contributed by atoms with Crippen molar-refractivity contribution in [2.45, 2.75) is 44.8 Å². The van der Waals surface area contributed by atoms with Crippen LogP contribution in [0.1, 0.15) is 37.9 Å². The lowest BCUT2D eigenvalue weighted by Gasteiger charge is -2.49. The molecule has 2 aliphatic rings. The molecule has 3 amide bonds. The number of phenolic OH excluding ortho intramolecular Hbond substituents is 1. The summed E-state index contributed by atoms with van der Waals surface area (Å²) in [6.07, 6.45) is -1.09. The Labute approximate surface area is 286 Å². The van der Waals surface area contributed by atoms with Crippen molar-refractivity contribution >= 4 is 62.9 Å². The van der Waals surface area contributed by atoms with Gasteiger partial charge in [-0.15, -0.1) is 0 Å². The van der Waals surface area contributed by atoms with Gasteiger partial charge in [0, 0.05) is 28.1 Å². The molecule has 1 fully saturated rings. The van der Waals surface area contributed by atoms with Crippen molar-refractivity contribution in [3.05, 3.63) is 74.9 Å². The van der Waals surface area contributed by atoms with E-state index in [0.717, 1.165) is 20.0 Å². The molecule has 2 aliphatic heterocycles. The van der Waals surface area contributed by atoms with E-state index in [1.807, 2.05) is 0 Å². The number of β-lactam (4-membered cyclic amide) rings is 1. The zero-order valence-electron chi connectivity index (χ0n) is 26.0. The number of aliphatic carboxylic acids is 1. The monoisotopic (exact) mass is 728 g/mol. The Bertz CT molecular complexity index is 1700. The average molecular weight is 730 g/mol. The first-order chi connectivity index (χ1) is 22.6. The number of phenols is 1. The van der Waals surface area contributed by atoms with Crippen LogP contribution in [0.5, 0.6) is 5.75 Å². The van der Waals surface area contributed by atoms with Crippen molar-refractivity contribution in [2.24, 2.45) is 0 Å². The molecule has 2 aromatic carbocycles. The van der Waals surface area contributed by atoms with Crippen molar-refractivity contribution < 1.29 is 52.1 Å².